The Bertz CT molecular complexity index is 2890. The third-order valence-electron chi connectivity index (χ3n) is 15.5. The summed E-state index contributed by atoms with van der Waals surface area (Å²) >= 11 is 0. The number of anilines is 1. The van der Waals surface area contributed by atoms with E-state index in [9.17, 15) is 47.4 Å². The number of amides is 5. The maximum Gasteiger partial charge on any atom is 0.312 e. The molecule has 0 aromatic heterocycles. The number of amidine groups is 1. The first-order valence-corrected chi connectivity index (χ1v) is 28.4. The Morgan fingerprint density at radius 1 is 0.975 bits per heavy atom. The molecule has 1 aliphatic carbocycles. The molecule has 11 N–H and O–H groups in total. The molecule has 9 atom stereocenters. The first-order chi connectivity index (χ1) is 37.0. The van der Waals surface area contributed by atoms with Crippen molar-refractivity contribution < 1.29 is 80.7 Å². The van der Waals surface area contributed by atoms with Gasteiger partial charge >= 0.3 is 6.03 Å². The maximum absolute atomic E-state index is 14.2. The van der Waals surface area contributed by atoms with E-state index in [-0.39, 0.29) is 123 Å². The fourth-order valence-corrected chi connectivity index (χ4v) is 11.6. The van der Waals surface area contributed by atoms with Gasteiger partial charge in [0.25, 0.3) is 16.5 Å². The lowest BCUT2D eigenvalue weighted by atomic mass is 9.86. The number of benzene rings is 2. The van der Waals surface area contributed by atoms with Gasteiger partial charge in [-0.25, -0.2) is 19.2 Å². The predicted molar refractivity (Wildman–Crippen MR) is 292 cm³/mol. The molecule has 24 heteroatoms. The Balaban J connectivity index is 0.0000101. The first-order valence-electron chi connectivity index (χ1n) is 26.9. The molecule has 0 radical (unpaired) electrons. The number of nitrogens with zero attached hydrogens (tertiary/aromatic N) is 5. The van der Waals surface area contributed by atoms with E-state index in [0.717, 1.165) is 28.9 Å². The standard InChI is InChI=1S/C55H75N11O11S.HI/c1-32(2)48(62-45(69)11-7-6-8-23-65-46(70)26-34(4)54(65)73)44(68)21-20-43(67)40(10-9-22-59-55(57)74)36-15-13-35(14-16-36)29-64-31-60-52(56)47-37(17-18-39-33(3)12-19-41-51(39)77-25-24-63(41)5)30-66(53(47)64)42-27-38(49(71)50(42)72)28-61-78(58,75)76;/h12-16,19,30-32,34,38,40,42,47-50,53,56,61,71-72H,6-11,20-29H2,1-5H3,(H6,57,58,59,62,69,74,75,76);1H/t34?,38-,40+,42-,47?,48+,49+,50-,53?;/m0./s1. The van der Waals surface area contributed by atoms with Crippen LogP contribution in [0.5, 0.6) is 5.75 Å². The summed E-state index contributed by atoms with van der Waals surface area (Å²) in [5.74, 6) is 4.10. The molecule has 5 aliphatic rings. The maximum atomic E-state index is 14.2. The Kier molecular flexibility index (Phi) is 21.6. The summed E-state index contributed by atoms with van der Waals surface area (Å²) in [4.78, 5) is 86.7. The third-order valence-corrected chi connectivity index (χ3v) is 16.1. The van der Waals surface area contributed by atoms with Crippen molar-refractivity contribution in [2.24, 2.45) is 45.3 Å². The first kappa shape index (κ1) is 62.2. The SMILES string of the molecule is Cc1ccc2c(c1C#CC1=CN([C@H]3C[C@@H](CNS(N)(=O)=O)[C@@H](O)[C@H]3O)C3C1C(N)=NC=[N+]3Cc1ccc([C@@H](CCCNC(N)=O)C(=O)CCC(=O)[C@H](NC(=O)CCCCCN3C(=O)CC(C)C3=O)C(C)C)cc1)OCCN2C.[I-]. The minimum Gasteiger partial charge on any atom is -1.00 e. The summed E-state index contributed by atoms with van der Waals surface area (Å²) in [6.07, 6.45) is 3.11. The molecule has 79 heavy (non-hydrogen) atoms. The van der Waals surface area contributed by atoms with E-state index in [4.69, 9.17) is 21.3 Å². The van der Waals surface area contributed by atoms with Crippen molar-refractivity contribution in [1.82, 2.24) is 25.2 Å². The van der Waals surface area contributed by atoms with Crippen LogP contribution >= 0.6 is 0 Å². The van der Waals surface area contributed by atoms with Crippen LogP contribution in [0, 0.1) is 42.4 Å². The van der Waals surface area contributed by atoms with Gasteiger partial charge in [-0.05, 0) is 72.7 Å². The quantitative estimate of drug-likeness (QED) is 0.0193. The number of carbonyl (C=O) groups excluding carboxylic acids is 6. The van der Waals surface area contributed by atoms with Gasteiger partial charge in [-0.2, -0.15) is 8.42 Å². The van der Waals surface area contributed by atoms with Gasteiger partial charge in [-0.1, -0.05) is 69.4 Å². The number of ether oxygens (including phenoxy) is 1. The highest BCUT2D eigenvalue weighted by atomic mass is 127. The molecule has 7 rings (SSSR count). The number of nitrogens with two attached hydrogens (primary N) is 3. The number of carbonyl (C=O) groups is 6. The number of hydrogen-bond donors (Lipinski definition) is 8. The number of unbranched alkanes of at least 4 members (excludes halogenated alkanes) is 2. The Labute approximate surface area is 479 Å². The number of urea groups is 1. The zero-order valence-electron chi connectivity index (χ0n) is 45.5. The third kappa shape index (κ3) is 15.5. The van der Waals surface area contributed by atoms with Crippen LogP contribution in [0.15, 0.2) is 53.2 Å². The number of nitrogens with one attached hydrogen (secondary N) is 3. The minimum absolute atomic E-state index is 0. The highest BCUT2D eigenvalue weighted by Gasteiger charge is 2.53. The second-order valence-electron chi connectivity index (χ2n) is 21.6. The largest absolute Gasteiger partial charge is 1.00 e. The summed E-state index contributed by atoms with van der Waals surface area (Å²) in [6, 6.07) is 9.25. The Morgan fingerprint density at radius 2 is 1.70 bits per heavy atom. The molecule has 2 aromatic carbocycles. The van der Waals surface area contributed by atoms with Crippen molar-refractivity contribution in [2.45, 2.75) is 135 Å². The molecular weight excluding hydrogens is 1150 g/mol. The second-order valence-corrected chi connectivity index (χ2v) is 23.0. The smallest absolute Gasteiger partial charge is 0.312 e. The summed E-state index contributed by atoms with van der Waals surface area (Å²) in [6.45, 7) is 9.18. The van der Waals surface area contributed by atoms with Gasteiger partial charge < -0.3 is 70.8 Å². The summed E-state index contributed by atoms with van der Waals surface area (Å²) in [5, 5.41) is 33.6. The van der Waals surface area contributed by atoms with E-state index in [1.807, 2.05) is 79.9 Å². The molecular formula is C55H76IN11O11S. The van der Waals surface area contributed by atoms with Crippen LogP contribution in [0.3, 0.4) is 0 Å². The number of Topliss-reactive ketones (excluding diaryl/α,β-unsaturated/α-hetero) is 2. The zero-order valence-corrected chi connectivity index (χ0v) is 48.5. The molecule has 2 aromatic rings. The number of aliphatic imine (C=N–C) groups is 1. The van der Waals surface area contributed by atoms with Crippen molar-refractivity contribution >= 4 is 63.4 Å². The van der Waals surface area contributed by atoms with Gasteiger partial charge in [0.2, 0.25) is 23.6 Å². The monoisotopic (exact) mass is 1230 g/mol. The van der Waals surface area contributed by atoms with Crippen LogP contribution in [0.4, 0.5) is 10.5 Å². The molecule has 0 bridgehead atoms. The number of fused-ring (bicyclic) bond motifs is 2. The number of aliphatic hydroxyl groups is 2. The lowest BCUT2D eigenvalue weighted by Gasteiger charge is -2.35. The van der Waals surface area contributed by atoms with E-state index < -0.39 is 64.5 Å². The van der Waals surface area contributed by atoms with Crippen LogP contribution in [-0.4, -0.2) is 151 Å². The summed E-state index contributed by atoms with van der Waals surface area (Å²) < 4.78 is 34.1. The van der Waals surface area contributed by atoms with Gasteiger partial charge in [0.15, 0.2) is 17.7 Å². The number of primary amides is 1. The zero-order chi connectivity index (χ0) is 56.6. The minimum atomic E-state index is -4.09. The number of likely N-dealkylation sites (N-methyl/N-ethyl adjacent to an activating group) is 1. The lowest BCUT2D eigenvalue weighted by molar-refractivity contribution is -0.604. The van der Waals surface area contributed by atoms with Gasteiger partial charge in [0.05, 0.1) is 36.0 Å². The van der Waals surface area contributed by atoms with Crippen molar-refractivity contribution in [3.05, 3.63) is 70.4 Å². The van der Waals surface area contributed by atoms with Gasteiger partial charge in [0, 0.05) is 81.9 Å². The number of imide groups is 1. The normalized spacial score (nSPS) is 23.3. The number of hydrogen-bond acceptors (Lipinski definition) is 15. The molecule has 430 valence electrons. The number of rotatable bonds is 24. The number of aliphatic hydroxyl groups excluding tert-OH is 2. The molecule has 1 saturated heterocycles. The number of aryl methyl sites for hydroxylation is 1. The molecule has 3 unspecified atom stereocenters. The van der Waals surface area contributed by atoms with Gasteiger partial charge in [-0.15, -0.1) is 0 Å². The molecule has 2 fully saturated rings. The van der Waals surface area contributed by atoms with Crippen LogP contribution in [0.25, 0.3) is 0 Å². The van der Waals surface area contributed by atoms with Gasteiger partial charge in [0.1, 0.15) is 31.0 Å². The van der Waals surface area contributed by atoms with Crippen LogP contribution in [0.2, 0.25) is 0 Å². The van der Waals surface area contributed by atoms with E-state index in [2.05, 4.69) is 37.1 Å². The Hall–Kier alpha value is -5.98. The van der Waals surface area contributed by atoms with E-state index in [0.29, 0.717) is 62.1 Å². The molecule has 1 saturated carbocycles. The molecule has 5 amide bonds. The average Bonchev–Trinajstić information content (AvgIpc) is 4.16. The predicted octanol–water partition coefficient (Wildman–Crippen LogP) is -1.62. The fourth-order valence-electron chi connectivity index (χ4n) is 11.1. The number of likely N-dealkylation sites (tertiary alicyclic amines) is 1. The fraction of sp³-hybridized carbons (Fsp3) is 0.564. The van der Waals surface area contributed by atoms with Crippen LogP contribution in [0.1, 0.15) is 113 Å². The molecule has 4 aliphatic heterocycles. The van der Waals surface area contributed by atoms with Crippen molar-refractivity contribution in [3.63, 3.8) is 0 Å². The molecule has 4 heterocycles. The topological polar surface area (TPSA) is 325 Å². The lowest BCUT2D eigenvalue weighted by Crippen LogP contribution is -3.00. The number of halogens is 1. The van der Waals surface area contributed by atoms with E-state index in [1.54, 1.807) is 13.3 Å². The van der Waals surface area contributed by atoms with Crippen molar-refractivity contribution in [3.8, 4) is 17.6 Å². The van der Waals surface area contributed by atoms with E-state index >= 15 is 0 Å². The van der Waals surface area contributed by atoms with Crippen molar-refractivity contribution in [1.29, 1.82) is 0 Å². The van der Waals surface area contributed by atoms with Crippen molar-refractivity contribution in [2.75, 3.05) is 44.7 Å². The van der Waals surface area contributed by atoms with Crippen LogP contribution in [-0.2, 0) is 40.7 Å². The highest BCUT2D eigenvalue weighted by Crippen LogP contribution is 2.41. The second kappa shape index (κ2) is 27.5. The molecule has 22 nitrogen and oxygen atoms in total. The molecule has 0 spiro atoms. The summed E-state index contributed by atoms with van der Waals surface area (Å²) in [5.41, 5.74) is 16.7. The average molecular weight is 1230 g/mol. The number of ketones is 2. The van der Waals surface area contributed by atoms with Crippen LogP contribution < -0.4 is 65.6 Å². The Morgan fingerprint density at radius 3 is 2.37 bits per heavy atom. The van der Waals surface area contributed by atoms with Gasteiger partial charge in [-0.3, -0.25) is 28.9 Å². The summed E-state index contributed by atoms with van der Waals surface area (Å²) in [7, 11) is -2.09. The van der Waals surface area contributed by atoms with E-state index in [1.165, 1.54) is 4.90 Å². The highest BCUT2D eigenvalue weighted by molar-refractivity contribution is 7.87.